The summed E-state index contributed by atoms with van der Waals surface area (Å²) in [5.74, 6) is 2.58. The van der Waals surface area contributed by atoms with Crippen molar-refractivity contribution in [3.8, 4) is 17.2 Å². The first kappa shape index (κ1) is 14.4. The van der Waals surface area contributed by atoms with E-state index in [1.165, 1.54) is 5.56 Å². The summed E-state index contributed by atoms with van der Waals surface area (Å²) in [5.41, 5.74) is 3.29. The second-order valence-corrected chi connectivity index (χ2v) is 6.06. The minimum absolute atomic E-state index is 0.176. The van der Waals surface area contributed by atoms with Crippen LogP contribution in [0.2, 0.25) is 0 Å². The van der Waals surface area contributed by atoms with Crippen LogP contribution >= 0.6 is 0 Å². The number of ether oxygens (including phenoxy) is 3. The quantitative estimate of drug-likeness (QED) is 0.933. The zero-order valence-electron chi connectivity index (χ0n) is 13.1. The molecule has 0 amide bonds. The smallest absolute Gasteiger partial charge is 0.231 e. The van der Waals surface area contributed by atoms with Crippen molar-refractivity contribution >= 4 is 0 Å². The van der Waals surface area contributed by atoms with Gasteiger partial charge in [-0.2, -0.15) is 0 Å². The molecule has 23 heavy (non-hydrogen) atoms. The highest BCUT2D eigenvalue weighted by atomic mass is 16.7. The molecule has 2 aromatic carbocycles. The van der Waals surface area contributed by atoms with Crippen LogP contribution in [0.5, 0.6) is 17.2 Å². The van der Waals surface area contributed by atoms with E-state index in [9.17, 15) is 5.11 Å². The van der Waals surface area contributed by atoms with Crippen LogP contribution in [0.4, 0.5) is 0 Å². The number of benzene rings is 2. The lowest BCUT2D eigenvalue weighted by Crippen LogP contribution is -1.98. The van der Waals surface area contributed by atoms with Gasteiger partial charge in [-0.25, -0.2) is 0 Å². The van der Waals surface area contributed by atoms with Crippen LogP contribution in [-0.2, 0) is 0 Å². The molecule has 0 bridgehead atoms. The van der Waals surface area contributed by atoms with E-state index in [2.05, 4.69) is 19.1 Å². The van der Waals surface area contributed by atoms with Gasteiger partial charge in [0.25, 0.3) is 0 Å². The van der Waals surface area contributed by atoms with Gasteiger partial charge in [0.15, 0.2) is 11.5 Å². The Balaban J connectivity index is 1.66. The Morgan fingerprint density at radius 2 is 1.96 bits per heavy atom. The molecule has 0 radical (unpaired) electrons. The van der Waals surface area contributed by atoms with E-state index in [-0.39, 0.29) is 12.7 Å². The van der Waals surface area contributed by atoms with E-state index in [0.717, 1.165) is 34.8 Å². The lowest BCUT2D eigenvalue weighted by atomic mass is 9.92. The zero-order chi connectivity index (χ0) is 15.8. The third kappa shape index (κ3) is 2.53. The Bertz CT molecular complexity index is 725. The Morgan fingerprint density at radius 3 is 2.83 bits per heavy atom. The molecule has 0 fully saturated rings. The molecular weight excluding hydrogens is 292 g/mol. The predicted molar refractivity (Wildman–Crippen MR) is 86.2 cm³/mol. The average Bonchev–Trinajstić information content (AvgIpc) is 3.17. The van der Waals surface area contributed by atoms with E-state index >= 15 is 0 Å². The van der Waals surface area contributed by atoms with Gasteiger partial charge in [0.2, 0.25) is 6.79 Å². The zero-order valence-corrected chi connectivity index (χ0v) is 13.1. The Morgan fingerprint density at radius 1 is 1.09 bits per heavy atom. The molecule has 0 aromatic heterocycles. The third-order valence-electron chi connectivity index (χ3n) is 4.52. The van der Waals surface area contributed by atoms with Crippen LogP contribution in [-0.4, -0.2) is 18.5 Å². The second kappa shape index (κ2) is 5.78. The monoisotopic (exact) mass is 312 g/mol. The fourth-order valence-electron chi connectivity index (χ4n) is 3.39. The highest BCUT2D eigenvalue weighted by molar-refractivity contribution is 5.51. The lowest BCUT2D eigenvalue weighted by molar-refractivity contribution is 0.173. The number of aliphatic hydroxyl groups is 1. The van der Waals surface area contributed by atoms with Gasteiger partial charge in [-0.3, -0.25) is 0 Å². The van der Waals surface area contributed by atoms with Crippen LogP contribution in [0, 0.1) is 0 Å². The highest BCUT2D eigenvalue weighted by Gasteiger charge is 2.32. The molecule has 1 aliphatic heterocycles. The van der Waals surface area contributed by atoms with Gasteiger partial charge < -0.3 is 19.3 Å². The number of rotatable bonds is 4. The van der Waals surface area contributed by atoms with Gasteiger partial charge in [0, 0.05) is 5.92 Å². The van der Waals surface area contributed by atoms with Crippen molar-refractivity contribution in [2.75, 3.05) is 13.4 Å². The van der Waals surface area contributed by atoms with Crippen molar-refractivity contribution in [3.63, 3.8) is 0 Å². The summed E-state index contributed by atoms with van der Waals surface area (Å²) in [6, 6.07) is 12.1. The van der Waals surface area contributed by atoms with Gasteiger partial charge in [0.1, 0.15) is 5.75 Å². The van der Waals surface area contributed by atoms with E-state index in [0.29, 0.717) is 13.0 Å². The largest absolute Gasteiger partial charge is 0.494 e. The average molecular weight is 312 g/mol. The maximum Gasteiger partial charge on any atom is 0.231 e. The SMILES string of the molecule is CCCOc1ccc2c(c1)C(O)CC2c1ccc2c(c1)OCO2. The Kier molecular flexibility index (Phi) is 3.62. The first-order valence-corrected chi connectivity index (χ1v) is 8.10. The molecule has 2 unspecified atom stereocenters. The second-order valence-electron chi connectivity index (χ2n) is 6.06. The molecule has 2 atom stereocenters. The highest BCUT2D eigenvalue weighted by Crippen LogP contribution is 2.47. The first-order valence-electron chi connectivity index (χ1n) is 8.10. The van der Waals surface area contributed by atoms with Crippen molar-refractivity contribution in [2.45, 2.75) is 31.8 Å². The van der Waals surface area contributed by atoms with Crippen LogP contribution in [0.15, 0.2) is 36.4 Å². The molecule has 120 valence electrons. The van der Waals surface area contributed by atoms with E-state index < -0.39 is 6.10 Å². The van der Waals surface area contributed by atoms with Crippen LogP contribution < -0.4 is 14.2 Å². The summed E-state index contributed by atoms with van der Waals surface area (Å²) in [4.78, 5) is 0. The van der Waals surface area contributed by atoms with Crippen LogP contribution in [0.3, 0.4) is 0 Å². The normalized spacial score (nSPS) is 21.3. The van der Waals surface area contributed by atoms with Crippen LogP contribution in [0.25, 0.3) is 0 Å². The number of hydrogen-bond acceptors (Lipinski definition) is 4. The molecule has 0 saturated carbocycles. The number of hydrogen-bond donors (Lipinski definition) is 1. The fraction of sp³-hybridized carbons (Fsp3) is 0.368. The molecule has 2 aromatic rings. The Hall–Kier alpha value is -2.20. The van der Waals surface area contributed by atoms with Gasteiger partial charge in [-0.15, -0.1) is 0 Å². The lowest BCUT2D eigenvalue weighted by Gasteiger charge is -2.13. The van der Waals surface area contributed by atoms with E-state index in [1.54, 1.807) is 0 Å². The standard InChI is InChI=1S/C19H20O4/c1-2-7-21-13-4-5-14-15(10-17(20)16(14)9-13)12-3-6-18-19(8-12)23-11-22-18/h3-6,8-9,15,17,20H,2,7,10-11H2,1H3. The van der Waals surface area contributed by atoms with Crippen molar-refractivity contribution in [3.05, 3.63) is 53.1 Å². The minimum Gasteiger partial charge on any atom is -0.494 e. The van der Waals surface area contributed by atoms with Crippen molar-refractivity contribution in [1.29, 1.82) is 0 Å². The summed E-state index contributed by atoms with van der Waals surface area (Å²) < 4.78 is 16.5. The summed E-state index contributed by atoms with van der Waals surface area (Å²) in [7, 11) is 0. The predicted octanol–water partition coefficient (Wildman–Crippen LogP) is 3.77. The summed E-state index contributed by atoms with van der Waals surface area (Å²) >= 11 is 0. The topological polar surface area (TPSA) is 47.9 Å². The molecule has 1 heterocycles. The van der Waals surface area contributed by atoms with Crippen molar-refractivity contribution in [2.24, 2.45) is 0 Å². The van der Waals surface area contributed by atoms with Gasteiger partial charge >= 0.3 is 0 Å². The van der Waals surface area contributed by atoms with E-state index in [4.69, 9.17) is 14.2 Å². The van der Waals surface area contributed by atoms with Gasteiger partial charge in [-0.05, 0) is 53.8 Å². The minimum atomic E-state index is -0.453. The molecule has 1 aliphatic carbocycles. The number of fused-ring (bicyclic) bond motifs is 2. The maximum absolute atomic E-state index is 10.4. The molecule has 0 saturated heterocycles. The molecule has 4 rings (SSSR count). The molecule has 1 N–H and O–H groups in total. The molecule has 2 aliphatic rings. The molecule has 0 spiro atoms. The summed E-state index contributed by atoms with van der Waals surface area (Å²) in [6.07, 6.45) is 1.21. The summed E-state index contributed by atoms with van der Waals surface area (Å²) in [6.45, 7) is 3.05. The van der Waals surface area contributed by atoms with Crippen molar-refractivity contribution in [1.82, 2.24) is 0 Å². The molecular formula is C19H20O4. The Labute approximate surface area is 135 Å². The first-order chi connectivity index (χ1) is 11.3. The summed E-state index contributed by atoms with van der Waals surface area (Å²) in [5, 5.41) is 10.4. The molecule has 4 nitrogen and oxygen atoms in total. The van der Waals surface area contributed by atoms with Crippen LogP contribution in [0.1, 0.15) is 48.5 Å². The fourth-order valence-corrected chi connectivity index (χ4v) is 3.39. The maximum atomic E-state index is 10.4. The van der Waals surface area contributed by atoms with E-state index in [1.807, 2.05) is 24.3 Å². The van der Waals surface area contributed by atoms with Crippen molar-refractivity contribution < 1.29 is 19.3 Å². The molecule has 4 heteroatoms. The van der Waals surface area contributed by atoms with Gasteiger partial charge in [-0.1, -0.05) is 19.1 Å². The third-order valence-corrected chi connectivity index (χ3v) is 4.52. The number of aliphatic hydroxyl groups excluding tert-OH is 1. The van der Waals surface area contributed by atoms with Gasteiger partial charge in [0.05, 0.1) is 12.7 Å².